The number of H-pyrrole nitrogens is 2. The Morgan fingerprint density at radius 1 is 0.655 bits per heavy atom. The van der Waals surface area contributed by atoms with Gasteiger partial charge in [0.05, 0.1) is 57.6 Å². The predicted octanol–water partition coefficient (Wildman–Crippen LogP) is 7.04. The van der Waals surface area contributed by atoms with Gasteiger partial charge in [-0.3, -0.25) is 19.2 Å². The maximum absolute atomic E-state index is 14.4. The molecule has 0 spiro atoms. The van der Waals surface area contributed by atoms with E-state index >= 15 is 0 Å². The Bertz CT molecular complexity index is 2600. The standard InChI is InChI=1S/C19H16F2IN3O3.C18H14F2IN3O3/c1-9-11(20)7-14(25-13-3-2-10(22)6-12(13)21)17-18(9)24-8-15(19(17)27)28-5-4-16(23)26;1-8-10(19)5-13(24-12-3-2-9(21)4-11(12)20)16-17(8)23-6-14(18(16)26)27-7-15(22)25/h2-3,6-8,25H,4-5H2,1H3,(H2,23,26)(H,24,27);2-6,24H,7H2,1H3,(H2,22,25)(H,23,26). The molecular formula is C37H30F4I2N6O6. The highest BCUT2D eigenvalue weighted by molar-refractivity contribution is 14.1. The number of aromatic amines is 2. The number of halogens is 6. The van der Waals surface area contributed by atoms with Crippen LogP contribution in [0.1, 0.15) is 17.5 Å². The number of primary amides is 2. The van der Waals surface area contributed by atoms with Crippen molar-refractivity contribution in [2.75, 3.05) is 23.8 Å². The normalized spacial score (nSPS) is 10.8. The topological polar surface area (TPSA) is 194 Å². The fraction of sp³-hybridized carbons (Fsp3) is 0.135. The fourth-order valence-electron chi connectivity index (χ4n) is 5.28. The Morgan fingerprint density at radius 3 is 1.49 bits per heavy atom. The Kier molecular flexibility index (Phi) is 12.9. The average molecular weight is 984 g/mol. The van der Waals surface area contributed by atoms with Crippen molar-refractivity contribution in [1.82, 2.24) is 9.97 Å². The van der Waals surface area contributed by atoms with Crippen molar-refractivity contribution < 1.29 is 36.6 Å². The molecule has 12 nitrogen and oxygen atoms in total. The lowest BCUT2D eigenvalue weighted by Crippen LogP contribution is -2.22. The van der Waals surface area contributed by atoms with E-state index in [0.717, 1.165) is 12.1 Å². The molecule has 0 fully saturated rings. The summed E-state index contributed by atoms with van der Waals surface area (Å²) in [5, 5.41) is 5.74. The van der Waals surface area contributed by atoms with E-state index in [2.05, 4.69) is 20.6 Å². The summed E-state index contributed by atoms with van der Waals surface area (Å²) in [5.41, 5.74) is 10.3. The minimum absolute atomic E-state index is 0.0501. The number of aryl methyl sites for hydroxylation is 2. The van der Waals surface area contributed by atoms with Gasteiger partial charge < -0.3 is 41.5 Å². The first-order valence-electron chi connectivity index (χ1n) is 16.0. The highest BCUT2D eigenvalue weighted by Crippen LogP contribution is 2.32. The van der Waals surface area contributed by atoms with Gasteiger partial charge in [0.1, 0.15) is 23.3 Å². The van der Waals surface area contributed by atoms with Gasteiger partial charge in [0.25, 0.3) is 5.91 Å². The van der Waals surface area contributed by atoms with Crippen LogP contribution in [0.5, 0.6) is 11.5 Å². The Morgan fingerprint density at radius 2 is 1.09 bits per heavy atom. The van der Waals surface area contributed by atoms with E-state index in [4.69, 9.17) is 20.9 Å². The number of fused-ring (bicyclic) bond motifs is 2. The number of carbonyl (C=O) groups is 2. The van der Waals surface area contributed by atoms with Crippen LogP contribution in [0.3, 0.4) is 0 Å². The molecule has 6 rings (SSSR count). The molecule has 0 unspecified atom stereocenters. The zero-order chi connectivity index (χ0) is 40.1. The third kappa shape index (κ3) is 9.47. The van der Waals surface area contributed by atoms with E-state index in [1.54, 1.807) is 12.1 Å². The Hall–Kier alpha value is -5.38. The van der Waals surface area contributed by atoms with Crippen molar-refractivity contribution in [3.05, 3.63) is 123 Å². The van der Waals surface area contributed by atoms with Crippen LogP contribution in [0.15, 0.2) is 70.5 Å². The second-order valence-corrected chi connectivity index (χ2v) is 14.3. The van der Waals surface area contributed by atoms with Crippen LogP contribution < -0.4 is 42.4 Å². The number of carbonyl (C=O) groups excluding carboxylic acids is 2. The summed E-state index contributed by atoms with van der Waals surface area (Å²) in [6.07, 6.45) is 2.47. The summed E-state index contributed by atoms with van der Waals surface area (Å²) in [4.78, 5) is 53.1. The van der Waals surface area contributed by atoms with Crippen LogP contribution in [-0.2, 0) is 9.59 Å². The molecule has 0 radical (unpaired) electrons. The number of pyridine rings is 2. The molecule has 286 valence electrons. The molecule has 18 heteroatoms. The summed E-state index contributed by atoms with van der Waals surface area (Å²) in [7, 11) is 0. The van der Waals surface area contributed by atoms with Crippen LogP contribution in [0, 0.1) is 44.3 Å². The van der Waals surface area contributed by atoms with Gasteiger partial charge in [0, 0.05) is 30.7 Å². The van der Waals surface area contributed by atoms with Crippen molar-refractivity contribution in [2.45, 2.75) is 20.3 Å². The molecular weight excluding hydrogens is 954 g/mol. The van der Waals surface area contributed by atoms with Gasteiger partial charge in [-0.15, -0.1) is 0 Å². The summed E-state index contributed by atoms with van der Waals surface area (Å²) < 4.78 is 68.9. The van der Waals surface area contributed by atoms with Gasteiger partial charge in [-0.1, -0.05) is 0 Å². The smallest absolute Gasteiger partial charge is 0.255 e. The monoisotopic (exact) mass is 984 g/mol. The lowest BCUT2D eigenvalue weighted by molar-refractivity contribution is -0.120. The largest absolute Gasteiger partial charge is 0.487 e. The van der Waals surface area contributed by atoms with E-state index in [0.29, 0.717) is 7.14 Å². The zero-order valence-corrected chi connectivity index (χ0v) is 33.1. The molecule has 55 heavy (non-hydrogen) atoms. The van der Waals surface area contributed by atoms with Gasteiger partial charge in [-0.05, 0) is 108 Å². The first kappa shape index (κ1) is 40.8. The molecule has 6 aromatic rings. The van der Waals surface area contributed by atoms with Crippen LogP contribution in [0.4, 0.5) is 40.3 Å². The van der Waals surface area contributed by atoms with Crippen molar-refractivity contribution >= 4 is 102 Å². The summed E-state index contributed by atoms with van der Waals surface area (Å²) in [6, 6.07) is 11.2. The van der Waals surface area contributed by atoms with Crippen molar-refractivity contribution in [3.8, 4) is 11.5 Å². The number of hydrogen-bond donors (Lipinski definition) is 6. The molecule has 2 heterocycles. The van der Waals surface area contributed by atoms with E-state index in [1.807, 2.05) is 45.2 Å². The van der Waals surface area contributed by atoms with Gasteiger partial charge in [0.15, 0.2) is 18.1 Å². The fourth-order valence-corrected chi connectivity index (χ4v) is 6.18. The maximum Gasteiger partial charge on any atom is 0.255 e. The number of aromatic nitrogens is 2. The van der Waals surface area contributed by atoms with Gasteiger partial charge >= 0.3 is 0 Å². The second kappa shape index (κ2) is 17.4. The van der Waals surface area contributed by atoms with Crippen molar-refractivity contribution in [2.24, 2.45) is 11.5 Å². The van der Waals surface area contributed by atoms with Crippen LogP contribution in [-0.4, -0.2) is 35.0 Å². The number of ether oxygens (including phenoxy) is 2. The van der Waals surface area contributed by atoms with E-state index < -0.39 is 52.5 Å². The van der Waals surface area contributed by atoms with Crippen molar-refractivity contribution in [3.63, 3.8) is 0 Å². The molecule has 0 saturated carbocycles. The van der Waals surface area contributed by atoms with Gasteiger partial charge in [0.2, 0.25) is 16.8 Å². The number of amides is 2. The molecule has 4 aromatic carbocycles. The highest BCUT2D eigenvalue weighted by Gasteiger charge is 2.19. The molecule has 2 aromatic heterocycles. The van der Waals surface area contributed by atoms with Gasteiger partial charge in [-0.2, -0.15) is 0 Å². The Labute approximate surface area is 336 Å². The minimum Gasteiger partial charge on any atom is -0.487 e. The quantitative estimate of drug-likeness (QED) is 0.0588. The van der Waals surface area contributed by atoms with Crippen LogP contribution in [0.25, 0.3) is 21.8 Å². The van der Waals surface area contributed by atoms with E-state index in [-0.39, 0.29) is 80.2 Å². The number of hydrogen-bond acceptors (Lipinski definition) is 8. The van der Waals surface area contributed by atoms with Crippen LogP contribution in [0.2, 0.25) is 0 Å². The number of nitrogens with one attached hydrogen (secondary N) is 4. The summed E-state index contributed by atoms with van der Waals surface area (Å²) in [6.45, 7) is 2.48. The molecule has 0 aliphatic heterocycles. The SMILES string of the molecule is Cc1c(F)cc(Nc2ccc(I)cc2F)c2c(=O)c(OCC(N)=O)c[nH]c12.Cc1c(F)cc(Nc2ccc(I)cc2F)c2c(=O)c(OCCC(N)=O)c[nH]c12. The average Bonchev–Trinajstić information content (AvgIpc) is 3.11. The van der Waals surface area contributed by atoms with E-state index in [1.165, 1.54) is 50.5 Å². The van der Waals surface area contributed by atoms with Crippen LogP contribution >= 0.6 is 45.2 Å². The molecule has 8 N–H and O–H groups in total. The Balaban J connectivity index is 0.000000211. The molecule has 0 atom stereocenters. The molecule has 0 saturated heterocycles. The molecule has 0 aliphatic rings. The lowest BCUT2D eigenvalue weighted by Gasteiger charge is -2.14. The number of nitrogens with two attached hydrogens (primary N) is 2. The predicted molar refractivity (Wildman–Crippen MR) is 217 cm³/mol. The lowest BCUT2D eigenvalue weighted by atomic mass is 10.1. The number of rotatable bonds is 11. The second-order valence-electron chi connectivity index (χ2n) is 11.8. The number of anilines is 4. The molecule has 0 bridgehead atoms. The first-order chi connectivity index (χ1) is 26.0. The van der Waals surface area contributed by atoms with Gasteiger partial charge in [-0.25, -0.2) is 17.6 Å². The third-order valence-corrected chi connectivity index (χ3v) is 9.36. The third-order valence-electron chi connectivity index (χ3n) is 8.02. The zero-order valence-electron chi connectivity index (χ0n) is 28.8. The maximum atomic E-state index is 14.4. The highest BCUT2D eigenvalue weighted by atomic mass is 127. The van der Waals surface area contributed by atoms with Crippen molar-refractivity contribution in [1.29, 1.82) is 0 Å². The molecule has 2 amide bonds. The molecule has 0 aliphatic carbocycles. The van der Waals surface area contributed by atoms with E-state index in [9.17, 15) is 36.7 Å². The number of benzene rings is 4. The minimum atomic E-state index is -0.746. The summed E-state index contributed by atoms with van der Waals surface area (Å²) in [5.74, 6) is -3.73. The summed E-state index contributed by atoms with van der Waals surface area (Å²) >= 11 is 3.94. The first-order valence-corrected chi connectivity index (χ1v) is 18.2.